The molecule has 2 nitrogen and oxygen atoms in total. The zero-order chi connectivity index (χ0) is 11.2. The van der Waals surface area contributed by atoms with Crippen LogP contribution < -0.4 is 5.32 Å². The Hall–Kier alpha value is -0.670. The van der Waals surface area contributed by atoms with Crippen LogP contribution in [0.2, 0.25) is 5.02 Å². The topological polar surface area (TPSA) is 29.1 Å². The first-order chi connectivity index (χ1) is 6.91. The van der Waals surface area contributed by atoms with Gasteiger partial charge in [-0.3, -0.25) is 4.79 Å². The number of rotatable bonds is 0. The quantitative estimate of drug-likeness (QED) is 0.756. The third-order valence-electron chi connectivity index (χ3n) is 2.36. The van der Waals surface area contributed by atoms with Crippen LogP contribution in [-0.2, 0) is 0 Å². The normalized spacial score (nSPS) is 18.3. The summed E-state index contributed by atoms with van der Waals surface area (Å²) in [6, 6.07) is 3.55. The summed E-state index contributed by atoms with van der Waals surface area (Å²) in [5.74, 6) is -0.0199. The summed E-state index contributed by atoms with van der Waals surface area (Å²) < 4.78 is 0. The number of benzene rings is 1. The van der Waals surface area contributed by atoms with Crippen molar-refractivity contribution in [2.24, 2.45) is 0 Å². The van der Waals surface area contributed by atoms with E-state index < -0.39 is 0 Å². The molecule has 1 amide bonds. The Morgan fingerprint density at radius 1 is 1.40 bits per heavy atom. The summed E-state index contributed by atoms with van der Waals surface area (Å²) in [4.78, 5) is 12.5. The lowest BCUT2D eigenvalue weighted by atomic mass is 10.1. The molecule has 0 saturated carbocycles. The summed E-state index contributed by atoms with van der Waals surface area (Å²) in [5, 5.41) is 3.65. The van der Waals surface area contributed by atoms with Crippen molar-refractivity contribution in [3.05, 3.63) is 28.3 Å². The average Bonchev–Trinajstić information content (AvgIpc) is 2.10. The minimum Gasteiger partial charge on any atom is -0.338 e. The van der Waals surface area contributed by atoms with Crippen molar-refractivity contribution < 1.29 is 4.79 Å². The van der Waals surface area contributed by atoms with E-state index in [4.69, 9.17) is 11.6 Å². The van der Waals surface area contributed by atoms with Crippen molar-refractivity contribution in [2.75, 3.05) is 0 Å². The zero-order valence-electron chi connectivity index (χ0n) is 8.85. The Balaban J connectivity index is 2.61. The monoisotopic (exact) mass is 241 g/mol. The Labute approximate surface area is 98.4 Å². The fraction of sp³-hybridized carbons (Fsp3) is 0.364. The van der Waals surface area contributed by atoms with Crippen LogP contribution in [0.15, 0.2) is 17.0 Å². The highest BCUT2D eigenvalue weighted by atomic mass is 35.5. The summed E-state index contributed by atoms with van der Waals surface area (Å²) in [6.45, 7) is 5.92. The number of carbonyl (C=O) groups excluding carboxylic acids is 1. The summed E-state index contributed by atoms with van der Waals surface area (Å²) in [6.07, 6.45) is 0. The van der Waals surface area contributed by atoms with Crippen LogP contribution >= 0.6 is 23.4 Å². The van der Waals surface area contributed by atoms with E-state index in [9.17, 15) is 4.79 Å². The van der Waals surface area contributed by atoms with Gasteiger partial charge in [0.25, 0.3) is 5.91 Å². The highest BCUT2D eigenvalue weighted by Crippen LogP contribution is 2.40. The predicted octanol–water partition coefficient (Wildman–Crippen LogP) is 3.22. The smallest absolute Gasteiger partial charge is 0.253 e. The van der Waals surface area contributed by atoms with Gasteiger partial charge in [0.15, 0.2) is 0 Å². The second kappa shape index (κ2) is 3.42. The van der Waals surface area contributed by atoms with Gasteiger partial charge in [0.2, 0.25) is 0 Å². The molecular formula is C11H12ClNOS. The number of halogens is 1. The molecule has 4 heteroatoms. The van der Waals surface area contributed by atoms with Crippen LogP contribution in [0.3, 0.4) is 0 Å². The lowest BCUT2D eigenvalue weighted by Gasteiger charge is -2.32. The molecule has 1 aliphatic heterocycles. The molecule has 1 aromatic rings. The maximum absolute atomic E-state index is 11.8. The third-order valence-corrected chi connectivity index (χ3v) is 4.11. The van der Waals surface area contributed by atoms with Gasteiger partial charge in [-0.2, -0.15) is 0 Å². The van der Waals surface area contributed by atoms with Crippen molar-refractivity contribution in [1.82, 2.24) is 5.32 Å². The molecule has 0 saturated heterocycles. The Kier molecular flexibility index (Phi) is 2.47. The molecule has 0 spiro atoms. The van der Waals surface area contributed by atoms with Crippen LogP contribution in [0.4, 0.5) is 0 Å². The molecule has 2 rings (SSSR count). The van der Waals surface area contributed by atoms with Crippen molar-refractivity contribution >= 4 is 29.3 Å². The fourth-order valence-electron chi connectivity index (χ4n) is 1.60. The van der Waals surface area contributed by atoms with Crippen molar-refractivity contribution in [3.8, 4) is 0 Å². The Morgan fingerprint density at radius 2 is 2.07 bits per heavy atom. The second-order valence-corrected chi connectivity index (χ2v) is 6.16. The number of hydrogen-bond donors (Lipinski definition) is 1. The van der Waals surface area contributed by atoms with Gasteiger partial charge in [0.05, 0.1) is 10.4 Å². The standard InChI is InChI=1S/C11H12ClNOS/c1-6-8(12)5-4-7-9(6)15-11(2,3)13-10(7)14/h4-5H,1-3H3,(H,13,14). The highest BCUT2D eigenvalue weighted by Gasteiger charge is 2.31. The molecule has 0 atom stereocenters. The van der Waals surface area contributed by atoms with E-state index >= 15 is 0 Å². The summed E-state index contributed by atoms with van der Waals surface area (Å²) in [7, 11) is 0. The minimum absolute atomic E-state index is 0.0199. The Bertz CT molecular complexity index is 442. The number of carbonyl (C=O) groups is 1. The first-order valence-electron chi connectivity index (χ1n) is 4.71. The molecule has 0 aliphatic carbocycles. The van der Waals surface area contributed by atoms with Crippen LogP contribution in [-0.4, -0.2) is 10.8 Å². The van der Waals surface area contributed by atoms with Crippen molar-refractivity contribution in [1.29, 1.82) is 0 Å². The number of amides is 1. The van der Waals surface area contributed by atoms with Gasteiger partial charge < -0.3 is 5.32 Å². The SMILES string of the molecule is Cc1c(Cl)ccc2c1SC(C)(C)NC2=O. The molecule has 1 N–H and O–H groups in total. The molecule has 1 aliphatic rings. The van der Waals surface area contributed by atoms with Gasteiger partial charge in [0.1, 0.15) is 0 Å². The third kappa shape index (κ3) is 1.86. The van der Waals surface area contributed by atoms with Gasteiger partial charge in [0, 0.05) is 9.92 Å². The molecule has 0 radical (unpaired) electrons. The van der Waals surface area contributed by atoms with Gasteiger partial charge in [-0.1, -0.05) is 23.4 Å². The fourth-order valence-corrected chi connectivity index (χ4v) is 3.00. The number of nitrogens with one attached hydrogen (secondary N) is 1. The maximum Gasteiger partial charge on any atom is 0.253 e. The molecule has 0 fully saturated rings. The Morgan fingerprint density at radius 3 is 2.73 bits per heavy atom. The van der Waals surface area contributed by atoms with Gasteiger partial charge in [-0.15, -0.1) is 0 Å². The van der Waals surface area contributed by atoms with E-state index in [1.54, 1.807) is 23.9 Å². The summed E-state index contributed by atoms with van der Waals surface area (Å²) in [5.41, 5.74) is 1.71. The van der Waals surface area contributed by atoms with E-state index in [0.29, 0.717) is 5.02 Å². The molecule has 0 unspecified atom stereocenters. The highest BCUT2D eigenvalue weighted by molar-refractivity contribution is 8.00. The number of fused-ring (bicyclic) bond motifs is 1. The van der Waals surface area contributed by atoms with Crippen molar-refractivity contribution in [3.63, 3.8) is 0 Å². The number of hydrogen-bond acceptors (Lipinski definition) is 2. The predicted molar refractivity (Wildman–Crippen MR) is 63.6 cm³/mol. The van der Waals surface area contributed by atoms with E-state index in [-0.39, 0.29) is 10.8 Å². The molecule has 80 valence electrons. The molecule has 15 heavy (non-hydrogen) atoms. The van der Waals surface area contributed by atoms with Crippen LogP contribution in [0, 0.1) is 6.92 Å². The van der Waals surface area contributed by atoms with Crippen LogP contribution in [0.5, 0.6) is 0 Å². The molecule has 0 aromatic heterocycles. The van der Waals surface area contributed by atoms with E-state index in [0.717, 1.165) is 16.0 Å². The van der Waals surface area contributed by atoms with Gasteiger partial charge in [-0.25, -0.2) is 0 Å². The van der Waals surface area contributed by atoms with Crippen LogP contribution in [0.1, 0.15) is 29.8 Å². The lowest BCUT2D eigenvalue weighted by molar-refractivity contribution is 0.0929. The first kappa shape index (κ1) is 10.8. The average molecular weight is 242 g/mol. The lowest BCUT2D eigenvalue weighted by Crippen LogP contribution is -2.44. The molecular weight excluding hydrogens is 230 g/mol. The van der Waals surface area contributed by atoms with E-state index in [2.05, 4.69) is 5.32 Å². The zero-order valence-corrected chi connectivity index (χ0v) is 10.4. The van der Waals surface area contributed by atoms with Crippen molar-refractivity contribution in [2.45, 2.75) is 30.5 Å². The maximum atomic E-state index is 11.8. The first-order valence-corrected chi connectivity index (χ1v) is 5.91. The summed E-state index contributed by atoms with van der Waals surface area (Å²) >= 11 is 7.68. The molecule has 1 heterocycles. The van der Waals surface area contributed by atoms with E-state index in [1.807, 2.05) is 20.8 Å². The van der Waals surface area contributed by atoms with E-state index in [1.165, 1.54) is 0 Å². The van der Waals surface area contributed by atoms with Gasteiger partial charge in [-0.05, 0) is 38.5 Å². The van der Waals surface area contributed by atoms with Crippen LogP contribution in [0.25, 0.3) is 0 Å². The minimum atomic E-state index is -0.264. The molecule has 0 bridgehead atoms. The number of thioether (sulfide) groups is 1. The van der Waals surface area contributed by atoms with Gasteiger partial charge >= 0.3 is 0 Å². The largest absolute Gasteiger partial charge is 0.338 e. The second-order valence-electron chi connectivity index (χ2n) is 4.12. The molecule has 1 aromatic carbocycles.